The monoisotopic (exact) mass is 215 g/mol. The Morgan fingerprint density at radius 2 is 2.33 bits per heavy atom. The van der Waals surface area contributed by atoms with Crippen molar-refractivity contribution in [2.75, 3.05) is 26.8 Å². The number of nitrogens with zero attached hydrogens (tertiary/aromatic N) is 1. The Hall–Kier alpha value is -0.610. The van der Waals surface area contributed by atoms with Gasteiger partial charge in [0.05, 0.1) is 12.0 Å². The van der Waals surface area contributed by atoms with Crippen molar-refractivity contribution in [2.45, 2.75) is 32.7 Å². The summed E-state index contributed by atoms with van der Waals surface area (Å²) in [6.45, 7) is 5.85. The van der Waals surface area contributed by atoms with Crippen molar-refractivity contribution in [3.63, 3.8) is 0 Å². The molecular weight excluding hydrogens is 194 g/mol. The van der Waals surface area contributed by atoms with E-state index >= 15 is 0 Å². The summed E-state index contributed by atoms with van der Waals surface area (Å²) in [6.07, 6.45) is 1.66. The average Bonchev–Trinajstić information content (AvgIpc) is 2.70. The smallest absolute Gasteiger partial charge is 0.310 e. The quantitative estimate of drug-likeness (QED) is 0.749. The SMILES string of the molecule is CCC(C)(CN(C)C1CCOC1)C(=O)O. The lowest BCUT2D eigenvalue weighted by Crippen LogP contribution is -2.43. The number of aliphatic carboxylic acids is 1. The summed E-state index contributed by atoms with van der Waals surface area (Å²) in [5.74, 6) is -0.712. The molecule has 1 fully saturated rings. The highest BCUT2D eigenvalue weighted by atomic mass is 16.5. The molecule has 0 aliphatic carbocycles. The zero-order valence-electron chi connectivity index (χ0n) is 9.82. The zero-order valence-corrected chi connectivity index (χ0v) is 9.82. The van der Waals surface area contributed by atoms with Gasteiger partial charge in [0.15, 0.2) is 0 Å². The average molecular weight is 215 g/mol. The van der Waals surface area contributed by atoms with E-state index in [1.807, 2.05) is 20.9 Å². The van der Waals surface area contributed by atoms with Crippen LogP contribution in [-0.4, -0.2) is 48.8 Å². The largest absolute Gasteiger partial charge is 0.481 e. The van der Waals surface area contributed by atoms with E-state index in [9.17, 15) is 4.79 Å². The molecule has 0 bridgehead atoms. The summed E-state index contributed by atoms with van der Waals surface area (Å²) in [5.41, 5.74) is -0.642. The Morgan fingerprint density at radius 1 is 1.67 bits per heavy atom. The molecule has 0 aromatic rings. The first-order chi connectivity index (χ1) is 6.99. The third-order valence-electron chi connectivity index (χ3n) is 3.42. The summed E-state index contributed by atoms with van der Waals surface area (Å²) in [5, 5.41) is 9.17. The van der Waals surface area contributed by atoms with E-state index in [1.54, 1.807) is 0 Å². The fraction of sp³-hybridized carbons (Fsp3) is 0.909. The second-order valence-electron chi connectivity index (χ2n) is 4.65. The Labute approximate surface area is 91.2 Å². The van der Waals surface area contributed by atoms with Crippen LogP contribution in [0.2, 0.25) is 0 Å². The van der Waals surface area contributed by atoms with Crippen LogP contribution in [0, 0.1) is 5.41 Å². The summed E-state index contributed by atoms with van der Waals surface area (Å²) < 4.78 is 5.30. The Bertz CT molecular complexity index is 226. The molecule has 0 aromatic carbocycles. The minimum absolute atomic E-state index is 0.384. The van der Waals surface area contributed by atoms with Gasteiger partial charge in [0.1, 0.15) is 0 Å². The van der Waals surface area contributed by atoms with Crippen LogP contribution in [0.3, 0.4) is 0 Å². The predicted octanol–water partition coefficient (Wildman–Crippen LogP) is 1.21. The number of hydrogen-bond acceptors (Lipinski definition) is 3. The molecule has 88 valence electrons. The lowest BCUT2D eigenvalue weighted by molar-refractivity contribution is -0.149. The minimum Gasteiger partial charge on any atom is -0.481 e. The molecule has 0 saturated carbocycles. The fourth-order valence-electron chi connectivity index (χ4n) is 1.88. The van der Waals surface area contributed by atoms with Gasteiger partial charge in [-0.2, -0.15) is 0 Å². The topological polar surface area (TPSA) is 49.8 Å². The minimum atomic E-state index is -0.712. The second-order valence-corrected chi connectivity index (χ2v) is 4.65. The number of ether oxygens (including phenoxy) is 1. The van der Waals surface area contributed by atoms with Crippen LogP contribution in [0.4, 0.5) is 0 Å². The first-order valence-electron chi connectivity index (χ1n) is 5.51. The molecule has 1 N–H and O–H groups in total. The van der Waals surface area contributed by atoms with Gasteiger partial charge >= 0.3 is 5.97 Å². The van der Waals surface area contributed by atoms with Gasteiger partial charge in [-0.3, -0.25) is 9.69 Å². The molecule has 1 aliphatic rings. The van der Waals surface area contributed by atoms with E-state index in [0.29, 0.717) is 19.0 Å². The number of hydrogen-bond donors (Lipinski definition) is 1. The maximum atomic E-state index is 11.1. The molecule has 0 amide bonds. The first kappa shape index (κ1) is 12.5. The van der Waals surface area contributed by atoms with Crippen LogP contribution in [0.15, 0.2) is 0 Å². The molecule has 2 atom stereocenters. The Morgan fingerprint density at radius 3 is 2.73 bits per heavy atom. The molecule has 0 aromatic heterocycles. The molecule has 1 aliphatic heterocycles. The molecule has 1 heterocycles. The summed E-state index contributed by atoms with van der Waals surface area (Å²) >= 11 is 0. The highest BCUT2D eigenvalue weighted by Gasteiger charge is 2.34. The normalized spacial score (nSPS) is 25.5. The molecular formula is C11H21NO3. The fourth-order valence-corrected chi connectivity index (χ4v) is 1.88. The van der Waals surface area contributed by atoms with Crippen LogP contribution >= 0.6 is 0 Å². The third-order valence-corrected chi connectivity index (χ3v) is 3.42. The number of carboxylic acids is 1. The molecule has 1 saturated heterocycles. The van der Waals surface area contributed by atoms with Gasteiger partial charge < -0.3 is 9.84 Å². The van der Waals surface area contributed by atoms with Crippen molar-refractivity contribution in [1.82, 2.24) is 4.90 Å². The van der Waals surface area contributed by atoms with Gasteiger partial charge in [0.2, 0.25) is 0 Å². The Balaban J connectivity index is 2.54. The van der Waals surface area contributed by atoms with Crippen molar-refractivity contribution in [3.8, 4) is 0 Å². The molecule has 0 spiro atoms. The molecule has 4 nitrogen and oxygen atoms in total. The second kappa shape index (κ2) is 4.94. The summed E-state index contributed by atoms with van der Waals surface area (Å²) in [7, 11) is 1.98. The van der Waals surface area contributed by atoms with Gasteiger partial charge in [0.25, 0.3) is 0 Å². The van der Waals surface area contributed by atoms with E-state index in [4.69, 9.17) is 9.84 Å². The molecule has 4 heteroatoms. The van der Waals surface area contributed by atoms with E-state index < -0.39 is 11.4 Å². The van der Waals surface area contributed by atoms with Crippen LogP contribution in [0.1, 0.15) is 26.7 Å². The van der Waals surface area contributed by atoms with E-state index in [-0.39, 0.29) is 0 Å². The first-order valence-corrected chi connectivity index (χ1v) is 5.51. The molecule has 15 heavy (non-hydrogen) atoms. The standard InChI is InChI=1S/C11H21NO3/c1-4-11(2,10(13)14)8-12(3)9-5-6-15-7-9/h9H,4-8H2,1-3H3,(H,13,14). The maximum Gasteiger partial charge on any atom is 0.310 e. The number of carboxylic acid groups (broad SMARTS) is 1. The molecule has 1 rings (SSSR count). The lowest BCUT2D eigenvalue weighted by atomic mass is 9.87. The van der Waals surface area contributed by atoms with Crippen LogP contribution in [0.5, 0.6) is 0 Å². The van der Waals surface area contributed by atoms with Gasteiger partial charge in [-0.1, -0.05) is 6.92 Å². The number of rotatable bonds is 5. The number of likely N-dealkylation sites (N-methyl/N-ethyl adjacent to an activating group) is 1. The van der Waals surface area contributed by atoms with Crippen LogP contribution in [-0.2, 0) is 9.53 Å². The van der Waals surface area contributed by atoms with Crippen molar-refractivity contribution in [3.05, 3.63) is 0 Å². The summed E-state index contributed by atoms with van der Waals surface area (Å²) in [4.78, 5) is 13.3. The Kier molecular flexibility index (Phi) is 4.11. The number of carbonyl (C=O) groups is 1. The summed E-state index contributed by atoms with van der Waals surface area (Å²) in [6, 6.07) is 0.384. The molecule has 0 radical (unpaired) electrons. The van der Waals surface area contributed by atoms with Crippen LogP contribution in [0.25, 0.3) is 0 Å². The van der Waals surface area contributed by atoms with Crippen molar-refractivity contribution in [2.24, 2.45) is 5.41 Å². The molecule has 2 unspecified atom stereocenters. The van der Waals surface area contributed by atoms with Gasteiger partial charge in [-0.25, -0.2) is 0 Å². The predicted molar refractivity (Wildman–Crippen MR) is 57.9 cm³/mol. The lowest BCUT2D eigenvalue weighted by Gasteiger charge is -2.32. The van der Waals surface area contributed by atoms with Crippen molar-refractivity contribution >= 4 is 5.97 Å². The van der Waals surface area contributed by atoms with E-state index in [2.05, 4.69) is 4.90 Å². The zero-order chi connectivity index (χ0) is 11.5. The third kappa shape index (κ3) is 2.92. The van der Waals surface area contributed by atoms with Crippen molar-refractivity contribution in [1.29, 1.82) is 0 Å². The van der Waals surface area contributed by atoms with Crippen LogP contribution < -0.4 is 0 Å². The van der Waals surface area contributed by atoms with E-state index in [1.165, 1.54) is 0 Å². The van der Waals surface area contributed by atoms with Gasteiger partial charge in [-0.15, -0.1) is 0 Å². The van der Waals surface area contributed by atoms with Crippen molar-refractivity contribution < 1.29 is 14.6 Å². The van der Waals surface area contributed by atoms with Gasteiger partial charge in [-0.05, 0) is 26.8 Å². The van der Waals surface area contributed by atoms with E-state index in [0.717, 1.165) is 19.6 Å². The highest BCUT2D eigenvalue weighted by molar-refractivity contribution is 5.74. The highest BCUT2D eigenvalue weighted by Crippen LogP contribution is 2.24. The maximum absolute atomic E-state index is 11.1. The van der Waals surface area contributed by atoms with Gasteiger partial charge in [0, 0.05) is 19.2 Å².